The summed E-state index contributed by atoms with van der Waals surface area (Å²) < 4.78 is 9.51. The molecule has 1 N–H and O–H groups in total. The van der Waals surface area contributed by atoms with Crippen LogP contribution in [0.3, 0.4) is 0 Å². The van der Waals surface area contributed by atoms with Crippen LogP contribution in [0.4, 0.5) is 0 Å². The Morgan fingerprint density at radius 2 is 2.32 bits per heavy atom. The maximum absolute atomic E-state index is 11.6. The Kier molecular flexibility index (Phi) is 3.87. The van der Waals surface area contributed by atoms with E-state index in [4.69, 9.17) is 4.74 Å². The van der Waals surface area contributed by atoms with Crippen LogP contribution in [0.5, 0.6) is 5.75 Å². The van der Waals surface area contributed by atoms with Gasteiger partial charge in [-0.05, 0) is 29.8 Å². The number of carbonyl (C=O) groups is 1. The first kappa shape index (κ1) is 12.7. The third-order valence-electron chi connectivity index (χ3n) is 2.34. The first-order valence-electron chi connectivity index (χ1n) is 5.47. The van der Waals surface area contributed by atoms with E-state index in [0.29, 0.717) is 11.4 Å². The summed E-state index contributed by atoms with van der Waals surface area (Å²) in [5, 5.41) is 10.8. The minimum absolute atomic E-state index is 0.114. The van der Waals surface area contributed by atoms with Crippen LogP contribution in [-0.4, -0.2) is 29.5 Å². The Hall–Kier alpha value is -2.70. The molecule has 0 fully saturated rings. The molecule has 0 aliphatic rings. The second-order valence-corrected chi connectivity index (χ2v) is 3.67. The van der Waals surface area contributed by atoms with Crippen LogP contribution in [0.1, 0.15) is 21.7 Å². The molecule has 2 aromatic rings. The number of ether oxygens (including phenoxy) is 1. The fourth-order valence-corrected chi connectivity index (χ4v) is 1.38. The molecule has 0 saturated carbocycles. The molecule has 0 atom stereocenters. The van der Waals surface area contributed by atoms with Gasteiger partial charge in [-0.25, -0.2) is 10.1 Å². The van der Waals surface area contributed by atoms with Gasteiger partial charge in [0, 0.05) is 0 Å². The lowest BCUT2D eigenvalue weighted by Crippen LogP contribution is -2.19. The molecule has 1 aromatic carbocycles. The summed E-state index contributed by atoms with van der Waals surface area (Å²) in [6, 6.07) is 7.27. The highest BCUT2D eigenvalue weighted by molar-refractivity contribution is 5.93. The highest BCUT2D eigenvalue weighted by atomic mass is 16.6. The predicted octanol–water partition coefficient (Wildman–Crippen LogP) is 1.15. The van der Waals surface area contributed by atoms with E-state index in [2.05, 4.69) is 25.5 Å². The Morgan fingerprint density at radius 3 is 3.00 bits per heavy atom. The zero-order chi connectivity index (χ0) is 13.7. The Morgan fingerprint density at radius 1 is 1.47 bits per heavy atom. The first-order valence-corrected chi connectivity index (χ1v) is 5.47. The van der Waals surface area contributed by atoms with Gasteiger partial charge in [-0.2, -0.15) is 5.10 Å². The van der Waals surface area contributed by atoms with Gasteiger partial charge in [0.05, 0.1) is 13.3 Å². The molecule has 0 aliphatic heterocycles. The number of carbonyl (C=O) groups excluding carboxylic acids is 1. The molecule has 0 saturated heterocycles. The third kappa shape index (κ3) is 3.15. The number of aromatic nitrogens is 2. The molecular formula is C12H12N4O3. The van der Waals surface area contributed by atoms with Gasteiger partial charge in [0.1, 0.15) is 11.4 Å². The molecule has 0 unspecified atom stereocenters. The van der Waals surface area contributed by atoms with Crippen LogP contribution in [0, 0.1) is 6.92 Å². The summed E-state index contributed by atoms with van der Waals surface area (Å²) >= 11 is 0. The molecule has 1 heterocycles. The second-order valence-electron chi connectivity index (χ2n) is 3.67. The van der Waals surface area contributed by atoms with Gasteiger partial charge < -0.3 is 4.74 Å². The number of amides is 1. The minimum atomic E-state index is -0.474. The fourth-order valence-electron chi connectivity index (χ4n) is 1.38. The van der Waals surface area contributed by atoms with Gasteiger partial charge in [-0.3, -0.25) is 4.79 Å². The second kappa shape index (κ2) is 5.76. The van der Waals surface area contributed by atoms with Crippen molar-refractivity contribution in [2.24, 2.45) is 5.10 Å². The Labute approximate surface area is 109 Å². The lowest BCUT2D eigenvalue weighted by atomic mass is 10.2. The lowest BCUT2D eigenvalue weighted by molar-refractivity contribution is 0.0945. The number of nitrogens with zero attached hydrogens (tertiary/aromatic N) is 3. The van der Waals surface area contributed by atoms with Crippen LogP contribution < -0.4 is 10.2 Å². The van der Waals surface area contributed by atoms with Gasteiger partial charge in [0.15, 0.2) is 5.69 Å². The quantitative estimate of drug-likeness (QED) is 0.658. The lowest BCUT2D eigenvalue weighted by Gasteiger charge is -1.99. The summed E-state index contributed by atoms with van der Waals surface area (Å²) in [5.74, 6) is 0.240. The van der Waals surface area contributed by atoms with Crippen LogP contribution in [0.2, 0.25) is 0 Å². The monoisotopic (exact) mass is 260 g/mol. The van der Waals surface area contributed by atoms with E-state index in [1.807, 2.05) is 18.2 Å². The van der Waals surface area contributed by atoms with Crippen molar-refractivity contribution in [2.75, 3.05) is 7.11 Å². The molecule has 7 nitrogen and oxygen atoms in total. The number of hydrogen-bond acceptors (Lipinski definition) is 6. The molecular weight excluding hydrogens is 248 g/mol. The van der Waals surface area contributed by atoms with E-state index in [1.54, 1.807) is 20.1 Å². The van der Waals surface area contributed by atoms with Crippen LogP contribution in [-0.2, 0) is 0 Å². The van der Waals surface area contributed by atoms with E-state index in [9.17, 15) is 4.79 Å². The van der Waals surface area contributed by atoms with Gasteiger partial charge >= 0.3 is 0 Å². The Balaban J connectivity index is 2.00. The van der Waals surface area contributed by atoms with Crippen molar-refractivity contribution >= 4 is 12.1 Å². The van der Waals surface area contributed by atoms with E-state index in [1.165, 1.54) is 6.21 Å². The van der Waals surface area contributed by atoms with Crippen molar-refractivity contribution in [3.05, 3.63) is 41.2 Å². The highest BCUT2D eigenvalue weighted by Gasteiger charge is 2.13. The number of hydrazone groups is 1. The van der Waals surface area contributed by atoms with E-state index >= 15 is 0 Å². The summed E-state index contributed by atoms with van der Waals surface area (Å²) in [6.45, 7) is 1.62. The molecule has 0 radical (unpaired) electrons. The maximum atomic E-state index is 11.6. The maximum Gasteiger partial charge on any atom is 0.295 e. The predicted molar refractivity (Wildman–Crippen MR) is 67.1 cm³/mol. The first-order chi connectivity index (χ1) is 9.20. The van der Waals surface area contributed by atoms with Gasteiger partial charge in [0.25, 0.3) is 5.91 Å². The molecule has 1 aromatic heterocycles. The summed E-state index contributed by atoms with van der Waals surface area (Å²) in [6.07, 6.45) is 1.50. The van der Waals surface area contributed by atoms with Crippen molar-refractivity contribution in [2.45, 2.75) is 6.92 Å². The molecule has 19 heavy (non-hydrogen) atoms. The number of methoxy groups -OCH3 is 1. The molecule has 2 rings (SSSR count). The van der Waals surface area contributed by atoms with Crippen molar-refractivity contribution in [3.63, 3.8) is 0 Å². The molecule has 0 bridgehead atoms. The number of benzene rings is 1. The number of hydrogen-bond donors (Lipinski definition) is 1. The van der Waals surface area contributed by atoms with Crippen molar-refractivity contribution < 1.29 is 14.2 Å². The molecule has 0 spiro atoms. The zero-order valence-corrected chi connectivity index (χ0v) is 10.5. The van der Waals surface area contributed by atoms with E-state index in [-0.39, 0.29) is 5.69 Å². The number of rotatable bonds is 4. The zero-order valence-electron chi connectivity index (χ0n) is 10.5. The summed E-state index contributed by atoms with van der Waals surface area (Å²) in [7, 11) is 1.58. The smallest absolute Gasteiger partial charge is 0.295 e. The van der Waals surface area contributed by atoms with Gasteiger partial charge in [-0.1, -0.05) is 17.3 Å². The standard InChI is InChI=1S/C12H12N4O3/c1-8-11(16-19-15-8)12(17)14-13-7-9-4-3-5-10(6-9)18-2/h3-7H,1-2H3,(H,14,17)/b13-7-. The molecule has 7 heteroatoms. The largest absolute Gasteiger partial charge is 0.497 e. The fraction of sp³-hybridized carbons (Fsp3) is 0.167. The molecule has 1 amide bonds. The van der Waals surface area contributed by atoms with Crippen LogP contribution in [0.15, 0.2) is 34.0 Å². The SMILES string of the molecule is COc1cccc(/C=N\NC(=O)c2nonc2C)c1. The van der Waals surface area contributed by atoms with Crippen molar-refractivity contribution in [3.8, 4) is 5.75 Å². The van der Waals surface area contributed by atoms with Crippen molar-refractivity contribution in [1.82, 2.24) is 15.7 Å². The van der Waals surface area contributed by atoms with Crippen LogP contribution in [0.25, 0.3) is 0 Å². The molecule has 0 aliphatic carbocycles. The van der Waals surface area contributed by atoms with Crippen molar-refractivity contribution in [1.29, 1.82) is 0 Å². The summed E-state index contributed by atoms with van der Waals surface area (Å²) in [5.41, 5.74) is 3.66. The average molecular weight is 260 g/mol. The number of aryl methyl sites for hydroxylation is 1. The van der Waals surface area contributed by atoms with Gasteiger partial charge in [-0.15, -0.1) is 0 Å². The van der Waals surface area contributed by atoms with Crippen LogP contribution >= 0.6 is 0 Å². The third-order valence-corrected chi connectivity index (χ3v) is 2.34. The highest BCUT2D eigenvalue weighted by Crippen LogP contribution is 2.10. The summed E-state index contributed by atoms with van der Waals surface area (Å²) in [4.78, 5) is 11.6. The normalized spacial score (nSPS) is 10.6. The Bertz CT molecular complexity index is 607. The molecule has 98 valence electrons. The number of nitrogens with one attached hydrogen (secondary N) is 1. The van der Waals surface area contributed by atoms with E-state index < -0.39 is 5.91 Å². The van der Waals surface area contributed by atoms with E-state index in [0.717, 1.165) is 5.56 Å². The van der Waals surface area contributed by atoms with Gasteiger partial charge in [0.2, 0.25) is 0 Å². The topological polar surface area (TPSA) is 89.6 Å². The average Bonchev–Trinajstić information content (AvgIpc) is 2.85. The minimum Gasteiger partial charge on any atom is -0.497 e.